The number of aromatic nitrogens is 2. The number of carbonyl (C=O) groups is 1. The Balaban J connectivity index is 1.62. The number of rotatable bonds is 6. The molecule has 0 aliphatic rings. The highest BCUT2D eigenvalue weighted by atomic mass is 32.1. The van der Waals surface area contributed by atoms with Gasteiger partial charge in [-0.2, -0.15) is 0 Å². The van der Waals surface area contributed by atoms with Crippen LogP contribution in [-0.2, 0) is 31.5 Å². The Kier molecular flexibility index (Phi) is 4.68. The van der Waals surface area contributed by atoms with E-state index in [4.69, 9.17) is 4.42 Å². The molecule has 0 saturated heterocycles. The summed E-state index contributed by atoms with van der Waals surface area (Å²) in [5, 5.41) is 1.99. The number of oxazole rings is 1. The zero-order valence-corrected chi connectivity index (χ0v) is 15.7. The average Bonchev–Trinajstić information content (AvgIpc) is 3.37. The van der Waals surface area contributed by atoms with Gasteiger partial charge in [0.25, 0.3) is 0 Å². The van der Waals surface area contributed by atoms with Crippen LogP contribution in [0.25, 0.3) is 11.1 Å². The lowest BCUT2D eigenvalue weighted by Gasteiger charge is -2.22. The molecule has 0 unspecified atom stereocenters. The van der Waals surface area contributed by atoms with E-state index >= 15 is 0 Å². The van der Waals surface area contributed by atoms with E-state index in [1.807, 2.05) is 53.5 Å². The Morgan fingerprint density at radius 3 is 2.70 bits per heavy atom. The zero-order chi connectivity index (χ0) is 18.8. The number of thiophene rings is 1. The minimum Gasteiger partial charge on any atom is -0.408 e. The monoisotopic (exact) mass is 381 g/mol. The fourth-order valence-corrected chi connectivity index (χ4v) is 3.80. The lowest BCUT2D eigenvalue weighted by Crippen LogP contribution is -2.35. The fourth-order valence-electron chi connectivity index (χ4n) is 3.08. The third-order valence-electron chi connectivity index (χ3n) is 4.55. The predicted molar refractivity (Wildman–Crippen MR) is 104 cm³/mol. The summed E-state index contributed by atoms with van der Waals surface area (Å²) in [5.41, 5.74) is 2.15. The van der Waals surface area contributed by atoms with Crippen LogP contribution in [0.15, 0.2) is 69.3 Å². The standard InChI is InChI=1S/C20H19N3O3S/c1-21-10-4-6-15(21)12-22(13-16-7-5-11-27-16)19(24)14-23-17-8-2-3-9-18(17)26-20(23)25/h2-11H,12-14H2,1H3. The summed E-state index contributed by atoms with van der Waals surface area (Å²) in [5.74, 6) is -0.641. The molecule has 4 rings (SSSR count). The van der Waals surface area contributed by atoms with E-state index < -0.39 is 5.76 Å². The van der Waals surface area contributed by atoms with Gasteiger partial charge < -0.3 is 13.9 Å². The Hall–Kier alpha value is -3.06. The molecular weight excluding hydrogens is 362 g/mol. The predicted octanol–water partition coefficient (Wildman–Crippen LogP) is 3.22. The maximum absolute atomic E-state index is 13.1. The summed E-state index contributed by atoms with van der Waals surface area (Å²) in [7, 11) is 1.96. The van der Waals surface area contributed by atoms with Crippen molar-refractivity contribution in [3.8, 4) is 0 Å². The van der Waals surface area contributed by atoms with Gasteiger partial charge in [0.15, 0.2) is 5.58 Å². The second kappa shape index (κ2) is 7.28. The number of aryl methyl sites for hydroxylation is 1. The average molecular weight is 381 g/mol. The third-order valence-corrected chi connectivity index (χ3v) is 5.41. The first-order valence-electron chi connectivity index (χ1n) is 8.60. The van der Waals surface area contributed by atoms with Gasteiger partial charge in [0.1, 0.15) is 6.54 Å². The maximum atomic E-state index is 13.1. The molecule has 6 nitrogen and oxygen atoms in total. The lowest BCUT2D eigenvalue weighted by molar-refractivity contribution is -0.133. The first-order valence-corrected chi connectivity index (χ1v) is 9.48. The number of fused-ring (bicyclic) bond motifs is 1. The van der Waals surface area contributed by atoms with Gasteiger partial charge in [-0.25, -0.2) is 4.79 Å². The fraction of sp³-hybridized carbons (Fsp3) is 0.200. The number of carbonyl (C=O) groups excluding carboxylic acids is 1. The van der Waals surface area contributed by atoms with Gasteiger partial charge in [-0.05, 0) is 35.7 Å². The Morgan fingerprint density at radius 2 is 1.96 bits per heavy atom. The van der Waals surface area contributed by atoms with Crippen molar-refractivity contribution in [3.05, 3.63) is 81.2 Å². The smallest absolute Gasteiger partial charge is 0.408 e. The molecule has 3 heterocycles. The van der Waals surface area contributed by atoms with Crippen molar-refractivity contribution in [2.24, 2.45) is 7.05 Å². The normalized spacial score (nSPS) is 11.1. The molecule has 0 atom stereocenters. The van der Waals surface area contributed by atoms with Gasteiger partial charge in [-0.1, -0.05) is 18.2 Å². The molecule has 0 N–H and O–H groups in total. The second-order valence-corrected chi connectivity index (χ2v) is 7.39. The van der Waals surface area contributed by atoms with E-state index in [9.17, 15) is 9.59 Å². The minimum absolute atomic E-state index is 0.0500. The first-order chi connectivity index (χ1) is 13.1. The van der Waals surface area contributed by atoms with Gasteiger partial charge in [-0.3, -0.25) is 9.36 Å². The third kappa shape index (κ3) is 3.59. The summed E-state index contributed by atoms with van der Waals surface area (Å²) in [4.78, 5) is 28.2. The molecule has 0 saturated carbocycles. The molecule has 3 aromatic heterocycles. The number of hydrogen-bond acceptors (Lipinski definition) is 4. The molecule has 0 aliphatic heterocycles. The van der Waals surface area contributed by atoms with Crippen LogP contribution >= 0.6 is 11.3 Å². The van der Waals surface area contributed by atoms with Crippen molar-refractivity contribution < 1.29 is 9.21 Å². The maximum Gasteiger partial charge on any atom is 0.420 e. The number of nitrogens with zero attached hydrogens (tertiary/aromatic N) is 3. The van der Waals surface area contributed by atoms with Crippen molar-refractivity contribution in [2.75, 3.05) is 0 Å². The molecule has 0 spiro atoms. The van der Waals surface area contributed by atoms with Crippen molar-refractivity contribution in [2.45, 2.75) is 19.6 Å². The van der Waals surface area contributed by atoms with Crippen LogP contribution < -0.4 is 5.76 Å². The van der Waals surface area contributed by atoms with E-state index in [1.165, 1.54) is 4.57 Å². The molecule has 27 heavy (non-hydrogen) atoms. The first kappa shape index (κ1) is 17.4. The summed E-state index contributed by atoms with van der Waals surface area (Å²) in [6, 6.07) is 15.1. The molecule has 1 amide bonds. The van der Waals surface area contributed by atoms with Crippen molar-refractivity contribution in [1.82, 2.24) is 14.0 Å². The summed E-state index contributed by atoms with van der Waals surface area (Å²) in [6.07, 6.45) is 1.96. The van der Waals surface area contributed by atoms with Gasteiger partial charge in [0.05, 0.1) is 18.6 Å². The zero-order valence-electron chi connectivity index (χ0n) is 14.9. The van der Waals surface area contributed by atoms with Crippen LogP contribution in [0.5, 0.6) is 0 Å². The van der Waals surface area contributed by atoms with E-state index in [1.54, 1.807) is 34.4 Å². The molecule has 7 heteroatoms. The minimum atomic E-state index is -0.514. The number of amides is 1. The van der Waals surface area contributed by atoms with Gasteiger partial charge in [0, 0.05) is 23.8 Å². The van der Waals surface area contributed by atoms with Crippen molar-refractivity contribution >= 4 is 28.3 Å². The lowest BCUT2D eigenvalue weighted by atomic mass is 10.3. The summed E-state index contributed by atoms with van der Waals surface area (Å²) in [6.45, 7) is 0.933. The number of para-hydroxylation sites is 2. The van der Waals surface area contributed by atoms with Crippen molar-refractivity contribution in [1.29, 1.82) is 0 Å². The van der Waals surface area contributed by atoms with Crippen LogP contribution in [0, 0.1) is 0 Å². The molecule has 0 aliphatic carbocycles. The number of benzene rings is 1. The van der Waals surface area contributed by atoms with Gasteiger partial charge in [-0.15, -0.1) is 11.3 Å². The molecule has 0 bridgehead atoms. The Morgan fingerprint density at radius 1 is 1.11 bits per heavy atom. The van der Waals surface area contributed by atoms with E-state index in [0.29, 0.717) is 24.2 Å². The molecule has 1 aromatic carbocycles. The van der Waals surface area contributed by atoms with Crippen molar-refractivity contribution in [3.63, 3.8) is 0 Å². The largest absolute Gasteiger partial charge is 0.420 e. The van der Waals surface area contributed by atoms with Gasteiger partial charge >= 0.3 is 5.76 Å². The highest BCUT2D eigenvalue weighted by Gasteiger charge is 2.19. The highest BCUT2D eigenvalue weighted by molar-refractivity contribution is 7.09. The quantitative estimate of drug-likeness (QED) is 0.515. The van der Waals surface area contributed by atoms with Crippen LogP contribution in [0.4, 0.5) is 0 Å². The van der Waals surface area contributed by atoms with Gasteiger partial charge in [0.2, 0.25) is 5.91 Å². The number of hydrogen-bond donors (Lipinski definition) is 0. The molecule has 0 radical (unpaired) electrons. The Bertz CT molecular complexity index is 1120. The van der Waals surface area contributed by atoms with Crippen LogP contribution in [0.3, 0.4) is 0 Å². The van der Waals surface area contributed by atoms with Crippen LogP contribution in [-0.4, -0.2) is 19.9 Å². The topological polar surface area (TPSA) is 60.4 Å². The SMILES string of the molecule is Cn1cccc1CN(Cc1cccs1)C(=O)Cn1c(=O)oc2ccccc21. The second-order valence-electron chi connectivity index (χ2n) is 6.36. The van der Waals surface area contributed by atoms with Crippen LogP contribution in [0.1, 0.15) is 10.6 Å². The Labute approximate surface area is 159 Å². The summed E-state index contributed by atoms with van der Waals surface area (Å²) < 4.78 is 8.63. The molecule has 0 fully saturated rings. The highest BCUT2D eigenvalue weighted by Crippen LogP contribution is 2.17. The van der Waals surface area contributed by atoms with E-state index in [2.05, 4.69) is 0 Å². The van der Waals surface area contributed by atoms with E-state index in [-0.39, 0.29) is 12.5 Å². The van der Waals surface area contributed by atoms with E-state index in [0.717, 1.165) is 10.6 Å². The molecular formula is C20H19N3O3S. The van der Waals surface area contributed by atoms with Crippen LogP contribution in [0.2, 0.25) is 0 Å². The molecule has 138 valence electrons. The summed E-state index contributed by atoms with van der Waals surface area (Å²) >= 11 is 1.61. The molecule has 4 aromatic rings.